The first kappa shape index (κ1) is 17.7. The Kier molecular flexibility index (Phi) is 4.67. The summed E-state index contributed by atoms with van der Waals surface area (Å²) in [6.07, 6.45) is 1.93. The second-order valence-electron chi connectivity index (χ2n) is 5.82. The highest BCUT2D eigenvalue weighted by Crippen LogP contribution is 2.29. The topological polar surface area (TPSA) is 59.8 Å². The summed E-state index contributed by atoms with van der Waals surface area (Å²) >= 11 is 2.83. The van der Waals surface area contributed by atoms with Crippen LogP contribution in [0, 0.1) is 12.7 Å². The number of anilines is 1. The van der Waals surface area contributed by atoms with Crippen molar-refractivity contribution in [3.05, 3.63) is 65.6 Å². The molecule has 0 bridgehead atoms. The zero-order valence-electron chi connectivity index (χ0n) is 14.6. The van der Waals surface area contributed by atoms with Crippen LogP contribution in [-0.2, 0) is 0 Å². The molecule has 1 N–H and O–H groups in total. The Morgan fingerprint density at radius 2 is 2.04 bits per heavy atom. The van der Waals surface area contributed by atoms with Gasteiger partial charge in [0.15, 0.2) is 0 Å². The van der Waals surface area contributed by atoms with E-state index in [2.05, 4.69) is 15.4 Å². The molecule has 0 saturated carbocycles. The summed E-state index contributed by atoms with van der Waals surface area (Å²) in [6.45, 7) is 1.83. The molecule has 0 unspecified atom stereocenters. The van der Waals surface area contributed by atoms with Crippen LogP contribution in [-0.4, -0.2) is 26.9 Å². The van der Waals surface area contributed by atoms with Gasteiger partial charge in [-0.25, -0.2) is 9.37 Å². The largest absolute Gasteiger partial charge is 0.306 e. The van der Waals surface area contributed by atoms with Crippen LogP contribution in [0.25, 0.3) is 15.3 Å². The molecule has 0 saturated heterocycles. The number of nitrogens with one attached hydrogen (secondary N) is 1. The SMILES string of the molecule is CSc1ccccc1C(=O)Nc1cc(C)nn1-c1nc2c(F)cccc2s1. The van der Waals surface area contributed by atoms with Crippen molar-refractivity contribution in [1.29, 1.82) is 0 Å². The van der Waals surface area contributed by atoms with E-state index in [1.807, 2.05) is 37.4 Å². The molecule has 0 atom stereocenters. The van der Waals surface area contributed by atoms with Gasteiger partial charge < -0.3 is 5.32 Å². The van der Waals surface area contributed by atoms with Crippen molar-refractivity contribution in [2.45, 2.75) is 11.8 Å². The van der Waals surface area contributed by atoms with Crippen LogP contribution in [0.5, 0.6) is 0 Å². The molecule has 2 heterocycles. The van der Waals surface area contributed by atoms with Crippen molar-refractivity contribution in [1.82, 2.24) is 14.8 Å². The van der Waals surface area contributed by atoms with Crippen molar-refractivity contribution in [3.63, 3.8) is 0 Å². The minimum atomic E-state index is -0.377. The number of carbonyl (C=O) groups is 1. The molecule has 4 rings (SSSR count). The number of aromatic nitrogens is 3. The Morgan fingerprint density at radius 3 is 2.81 bits per heavy atom. The first-order valence-corrected chi connectivity index (χ1v) is 10.2. The number of hydrogen-bond acceptors (Lipinski definition) is 5. The van der Waals surface area contributed by atoms with E-state index in [-0.39, 0.29) is 11.7 Å². The van der Waals surface area contributed by atoms with E-state index < -0.39 is 0 Å². The monoisotopic (exact) mass is 398 g/mol. The molecule has 4 aromatic rings. The van der Waals surface area contributed by atoms with Gasteiger partial charge in [0.05, 0.1) is 16.0 Å². The van der Waals surface area contributed by atoms with E-state index in [0.717, 1.165) is 15.3 Å². The minimum Gasteiger partial charge on any atom is -0.306 e. The molecular formula is C19H15FN4OS2. The van der Waals surface area contributed by atoms with E-state index in [0.29, 0.717) is 22.0 Å². The molecule has 27 heavy (non-hydrogen) atoms. The number of nitrogens with zero attached hydrogens (tertiary/aromatic N) is 3. The number of halogens is 1. The maximum Gasteiger partial charge on any atom is 0.257 e. The van der Waals surface area contributed by atoms with Crippen molar-refractivity contribution in [3.8, 4) is 5.13 Å². The lowest BCUT2D eigenvalue weighted by atomic mass is 10.2. The summed E-state index contributed by atoms with van der Waals surface area (Å²) in [5.41, 5.74) is 1.62. The lowest BCUT2D eigenvalue weighted by Gasteiger charge is -2.09. The van der Waals surface area contributed by atoms with Crippen molar-refractivity contribution < 1.29 is 9.18 Å². The number of benzene rings is 2. The highest BCUT2D eigenvalue weighted by Gasteiger charge is 2.17. The molecule has 136 valence electrons. The third kappa shape index (κ3) is 3.33. The normalized spacial score (nSPS) is 11.1. The van der Waals surface area contributed by atoms with Gasteiger partial charge in [-0.15, -0.1) is 11.8 Å². The van der Waals surface area contributed by atoms with Gasteiger partial charge in [0.2, 0.25) is 5.13 Å². The number of thiazole rings is 1. The number of aryl methyl sites for hydroxylation is 1. The van der Waals surface area contributed by atoms with E-state index in [1.165, 1.54) is 29.2 Å². The predicted octanol–water partition coefficient (Wildman–Crippen LogP) is 4.90. The highest BCUT2D eigenvalue weighted by atomic mass is 32.2. The van der Waals surface area contributed by atoms with Crippen LogP contribution >= 0.6 is 23.1 Å². The average molecular weight is 398 g/mol. The first-order chi connectivity index (χ1) is 13.1. The van der Waals surface area contributed by atoms with Gasteiger partial charge in [0, 0.05) is 11.0 Å². The van der Waals surface area contributed by atoms with E-state index in [1.54, 1.807) is 22.9 Å². The molecule has 1 amide bonds. The lowest BCUT2D eigenvalue weighted by Crippen LogP contribution is -2.15. The van der Waals surface area contributed by atoms with Gasteiger partial charge in [0.1, 0.15) is 17.2 Å². The molecular weight excluding hydrogens is 383 g/mol. The lowest BCUT2D eigenvalue weighted by molar-refractivity contribution is 0.102. The van der Waals surface area contributed by atoms with E-state index in [4.69, 9.17) is 0 Å². The van der Waals surface area contributed by atoms with Crippen LogP contribution in [0.1, 0.15) is 16.1 Å². The van der Waals surface area contributed by atoms with E-state index in [9.17, 15) is 9.18 Å². The van der Waals surface area contributed by atoms with Crippen molar-refractivity contribution in [2.24, 2.45) is 0 Å². The predicted molar refractivity (Wildman–Crippen MR) is 108 cm³/mol. The van der Waals surface area contributed by atoms with Gasteiger partial charge in [-0.2, -0.15) is 9.78 Å². The molecule has 0 aliphatic heterocycles. The van der Waals surface area contributed by atoms with Gasteiger partial charge in [0.25, 0.3) is 5.91 Å². The third-order valence-corrected chi connectivity index (χ3v) is 5.76. The summed E-state index contributed by atoms with van der Waals surface area (Å²) in [5.74, 6) is -0.111. The van der Waals surface area contributed by atoms with Gasteiger partial charge in [-0.3, -0.25) is 4.79 Å². The second-order valence-corrected chi connectivity index (χ2v) is 7.68. The van der Waals surface area contributed by atoms with Crippen molar-refractivity contribution >= 4 is 45.0 Å². The van der Waals surface area contributed by atoms with Crippen LogP contribution in [0.4, 0.5) is 10.2 Å². The molecule has 2 aromatic carbocycles. The Morgan fingerprint density at radius 1 is 1.22 bits per heavy atom. The Labute approximate surface area is 163 Å². The fraction of sp³-hybridized carbons (Fsp3) is 0.105. The van der Waals surface area contributed by atoms with Gasteiger partial charge >= 0.3 is 0 Å². The van der Waals surface area contributed by atoms with Crippen LogP contribution in [0.2, 0.25) is 0 Å². The quantitative estimate of drug-likeness (QED) is 0.497. The molecule has 0 aliphatic carbocycles. The summed E-state index contributed by atoms with van der Waals surface area (Å²) in [4.78, 5) is 18.0. The summed E-state index contributed by atoms with van der Waals surface area (Å²) < 4.78 is 16.2. The van der Waals surface area contributed by atoms with Crippen molar-refractivity contribution in [2.75, 3.05) is 11.6 Å². The van der Waals surface area contributed by atoms with Crippen LogP contribution in [0.3, 0.4) is 0 Å². The van der Waals surface area contributed by atoms with Gasteiger partial charge in [-0.05, 0) is 37.4 Å². The molecule has 8 heteroatoms. The van der Waals surface area contributed by atoms with E-state index >= 15 is 0 Å². The van der Waals surface area contributed by atoms with Crippen LogP contribution in [0.15, 0.2) is 53.4 Å². The molecule has 0 aliphatic rings. The first-order valence-electron chi connectivity index (χ1n) is 8.13. The highest BCUT2D eigenvalue weighted by molar-refractivity contribution is 7.98. The second kappa shape index (κ2) is 7.13. The number of carbonyl (C=O) groups excluding carboxylic acids is 1. The smallest absolute Gasteiger partial charge is 0.257 e. The molecule has 0 spiro atoms. The summed E-state index contributed by atoms with van der Waals surface area (Å²) in [5, 5.41) is 7.82. The standard InChI is InChI=1S/C19H15FN4OS2/c1-11-10-16(21-18(25)12-6-3-4-8-14(12)26-2)24(23-11)19-22-17-13(20)7-5-9-15(17)27-19/h3-10H,1-2H3,(H,21,25). The fourth-order valence-corrected chi connectivity index (χ4v) is 4.29. The maximum atomic E-state index is 14.0. The van der Waals surface area contributed by atoms with Gasteiger partial charge in [-0.1, -0.05) is 29.5 Å². The molecule has 2 aromatic heterocycles. The zero-order chi connectivity index (χ0) is 19.0. The average Bonchev–Trinajstić information content (AvgIpc) is 3.25. The third-order valence-electron chi connectivity index (χ3n) is 3.96. The summed E-state index contributed by atoms with van der Waals surface area (Å²) in [6, 6.07) is 14.0. The maximum absolute atomic E-state index is 14.0. The number of thioether (sulfide) groups is 1. The fourth-order valence-electron chi connectivity index (χ4n) is 2.74. The Balaban J connectivity index is 1.72. The Bertz CT molecular complexity index is 1150. The molecule has 0 radical (unpaired) electrons. The number of fused-ring (bicyclic) bond motifs is 1. The zero-order valence-corrected chi connectivity index (χ0v) is 16.2. The molecule has 0 fully saturated rings. The molecule has 5 nitrogen and oxygen atoms in total. The number of amides is 1. The number of hydrogen-bond donors (Lipinski definition) is 1. The summed E-state index contributed by atoms with van der Waals surface area (Å²) in [7, 11) is 0. The minimum absolute atomic E-state index is 0.228. The number of para-hydroxylation sites is 1. The Hall–Kier alpha value is -2.71. The number of rotatable bonds is 4. The van der Waals surface area contributed by atoms with Crippen LogP contribution < -0.4 is 5.32 Å².